The van der Waals surface area contributed by atoms with E-state index in [0.717, 1.165) is 11.6 Å². The van der Waals surface area contributed by atoms with Gasteiger partial charge in [0.25, 0.3) is 5.91 Å². The Hall–Kier alpha value is -2.53. The highest BCUT2D eigenvalue weighted by atomic mass is 19.1. The molecule has 2 aromatic rings. The Morgan fingerprint density at radius 1 is 1.23 bits per heavy atom. The van der Waals surface area contributed by atoms with Gasteiger partial charge in [-0.25, -0.2) is 4.39 Å². The molecule has 22 heavy (non-hydrogen) atoms. The van der Waals surface area contributed by atoms with Crippen LogP contribution in [0.5, 0.6) is 0 Å². The molecule has 2 aromatic carbocycles. The van der Waals surface area contributed by atoms with Gasteiger partial charge in [-0.2, -0.15) is 0 Å². The van der Waals surface area contributed by atoms with Crippen LogP contribution < -0.4 is 5.32 Å². The highest BCUT2D eigenvalue weighted by Crippen LogP contribution is 2.39. The molecule has 0 saturated carbocycles. The fourth-order valence-corrected chi connectivity index (χ4v) is 2.57. The Balaban J connectivity index is 1.94. The first-order chi connectivity index (χ1) is 10.4. The van der Waals surface area contributed by atoms with Crippen LogP contribution in [-0.2, 0) is 10.4 Å². The number of anilines is 1. The molecule has 1 heterocycles. The third kappa shape index (κ3) is 2.29. The molecule has 1 atom stereocenters. The molecule has 0 radical (unpaired) electrons. The van der Waals surface area contributed by atoms with E-state index >= 15 is 0 Å². The third-order valence-corrected chi connectivity index (χ3v) is 3.84. The summed E-state index contributed by atoms with van der Waals surface area (Å²) in [5.41, 5.74) is -0.221. The lowest BCUT2D eigenvalue weighted by Gasteiger charge is -2.20. The summed E-state index contributed by atoms with van der Waals surface area (Å²) in [5, 5.41) is 13.1. The number of benzene rings is 2. The fourth-order valence-electron chi connectivity index (χ4n) is 2.57. The minimum Gasteiger partial charge on any atom is -0.375 e. The number of halogens is 1. The monoisotopic (exact) mass is 299 g/mol. The zero-order chi connectivity index (χ0) is 15.9. The summed E-state index contributed by atoms with van der Waals surface area (Å²) < 4.78 is 13.4. The maximum Gasteiger partial charge on any atom is 0.261 e. The Morgan fingerprint density at radius 2 is 1.91 bits per heavy atom. The number of Topliss-reactive ketones (excluding diaryl/α,β-unsaturated/α-hetero) is 1. The van der Waals surface area contributed by atoms with Crippen molar-refractivity contribution in [1.82, 2.24) is 0 Å². The number of carbonyl (C=O) groups is 2. The van der Waals surface area contributed by atoms with Crippen molar-refractivity contribution in [3.05, 3.63) is 65.0 Å². The van der Waals surface area contributed by atoms with Crippen molar-refractivity contribution in [2.75, 3.05) is 5.32 Å². The quantitative estimate of drug-likeness (QED) is 0.856. The number of hydrogen-bond donors (Lipinski definition) is 2. The van der Waals surface area contributed by atoms with Gasteiger partial charge in [0.05, 0.1) is 6.42 Å². The van der Waals surface area contributed by atoms with Crippen molar-refractivity contribution in [3.63, 3.8) is 0 Å². The van der Waals surface area contributed by atoms with Crippen molar-refractivity contribution < 1.29 is 19.1 Å². The van der Waals surface area contributed by atoms with E-state index in [9.17, 15) is 19.1 Å². The molecule has 0 aromatic heterocycles. The predicted molar refractivity (Wildman–Crippen MR) is 79.1 cm³/mol. The number of amides is 1. The van der Waals surface area contributed by atoms with Gasteiger partial charge < -0.3 is 10.4 Å². The molecule has 112 valence electrons. The normalized spacial score (nSPS) is 19.7. The molecule has 3 rings (SSSR count). The Labute approximate surface area is 126 Å². The van der Waals surface area contributed by atoms with Crippen molar-refractivity contribution in [2.45, 2.75) is 18.9 Å². The molecule has 0 aliphatic carbocycles. The van der Waals surface area contributed by atoms with Crippen LogP contribution >= 0.6 is 0 Å². The van der Waals surface area contributed by atoms with Gasteiger partial charge >= 0.3 is 0 Å². The van der Waals surface area contributed by atoms with Crippen molar-refractivity contribution >= 4 is 17.4 Å². The van der Waals surface area contributed by atoms with Crippen molar-refractivity contribution in [1.29, 1.82) is 0 Å². The minimum absolute atomic E-state index is 0.0953. The van der Waals surface area contributed by atoms with Gasteiger partial charge in [0.1, 0.15) is 5.82 Å². The van der Waals surface area contributed by atoms with Crippen molar-refractivity contribution in [2.24, 2.45) is 0 Å². The number of rotatable bonds is 3. The zero-order valence-corrected chi connectivity index (χ0v) is 11.9. The molecular weight excluding hydrogens is 285 g/mol. The number of aliphatic hydroxyl groups is 1. The van der Waals surface area contributed by atoms with Crippen LogP contribution in [0, 0.1) is 12.7 Å². The molecule has 0 saturated heterocycles. The van der Waals surface area contributed by atoms with E-state index in [1.54, 1.807) is 24.3 Å². The topological polar surface area (TPSA) is 66.4 Å². The number of hydrogen-bond acceptors (Lipinski definition) is 3. The molecule has 0 fully saturated rings. The molecule has 1 amide bonds. The van der Waals surface area contributed by atoms with Gasteiger partial charge in [-0.15, -0.1) is 0 Å². The maximum atomic E-state index is 13.4. The highest BCUT2D eigenvalue weighted by Gasteiger charge is 2.47. The van der Waals surface area contributed by atoms with Gasteiger partial charge in [0.2, 0.25) is 0 Å². The summed E-state index contributed by atoms with van der Waals surface area (Å²) in [6.45, 7) is 1.89. The zero-order valence-electron chi connectivity index (χ0n) is 11.9. The van der Waals surface area contributed by atoms with E-state index < -0.39 is 23.7 Å². The number of aryl methyl sites for hydroxylation is 1. The van der Waals surface area contributed by atoms with Gasteiger partial charge in [0, 0.05) is 16.8 Å². The van der Waals surface area contributed by atoms with E-state index in [2.05, 4.69) is 5.32 Å². The van der Waals surface area contributed by atoms with Crippen LogP contribution in [0.4, 0.5) is 10.1 Å². The van der Waals surface area contributed by atoms with Gasteiger partial charge in [-0.1, -0.05) is 29.8 Å². The molecule has 4 nitrogen and oxygen atoms in total. The standard InChI is InChI=1S/C17H14FNO3/c1-10-2-4-11(5-3-10)15(20)9-17(22)13-8-12(18)6-7-14(13)19-16(17)21/h2-8,22H,9H2,1H3,(H,19,21)/t17-/m1/s1. The van der Waals surface area contributed by atoms with E-state index in [1.807, 2.05) is 6.92 Å². The van der Waals surface area contributed by atoms with Crippen LogP contribution in [0.3, 0.4) is 0 Å². The van der Waals surface area contributed by atoms with Crippen LogP contribution in [0.1, 0.15) is 27.9 Å². The smallest absolute Gasteiger partial charge is 0.261 e. The number of carbonyl (C=O) groups excluding carboxylic acids is 2. The minimum atomic E-state index is -2.04. The summed E-state index contributed by atoms with van der Waals surface area (Å²) in [7, 11) is 0. The van der Waals surface area contributed by atoms with Gasteiger partial charge in [-0.05, 0) is 25.1 Å². The molecule has 2 N–H and O–H groups in total. The Bertz CT molecular complexity index is 770. The molecule has 0 unspecified atom stereocenters. The average molecular weight is 299 g/mol. The van der Waals surface area contributed by atoms with Gasteiger partial charge in [0.15, 0.2) is 11.4 Å². The molecular formula is C17H14FNO3. The second kappa shape index (κ2) is 5.03. The lowest BCUT2D eigenvalue weighted by atomic mass is 9.88. The van der Waals surface area contributed by atoms with Crippen LogP contribution in [0.2, 0.25) is 0 Å². The summed E-state index contributed by atoms with van der Waals surface area (Å²) in [4.78, 5) is 24.4. The third-order valence-electron chi connectivity index (χ3n) is 3.84. The van der Waals surface area contributed by atoms with E-state index in [1.165, 1.54) is 12.1 Å². The van der Waals surface area contributed by atoms with Crippen molar-refractivity contribution in [3.8, 4) is 0 Å². The summed E-state index contributed by atoms with van der Waals surface area (Å²) in [6.07, 6.45) is -0.432. The second-order valence-corrected chi connectivity index (χ2v) is 5.47. The molecule has 0 bridgehead atoms. The van der Waals surface area contributed by atoms with Crippen LogP contribution in [-0.4, -0.2) is 16.8 Å². The van der Waals surface area contributed by atoms with Crippen LogP contribution in [0.15, 0.2) is 42.5 Å². The maximum absolute atomic E-state index is 13.4. The SMILES string of the molecule is Cc1ccc(C(=O)C[C@]2(O)C(=O)Nc3ccc(F)cc32)cc1. The summed E-state index contributed by atoms with van der Waals surface area (Å²) in [6, 6.07) is 10.5. The fraction of sp³-hybridized carbons (Fsp3) is 0.176. The van der Waals surface area contributed by atoms with E-state index in [0.29, 0.717) is 11.3 Å². The molecule has 1 aliphatic rings. The first kappa shape index (κ1) is 14.4. The highest BCUT2D eigenvalue weighted by molar-refractivity contribution is 6.09. The largest absolute Gasteiger partial charge is 0.375 e. The Kier molecular flexibility index (Phi) is 3.30. The number of nitrogens with one attached hydrogen (secondary N) is 1. The first-order valence-electron chi connectivity index (χ1n) is 6.84. The van der Waals surface area contributed by atoms with E-state index in [4.69, 9.17) is 0 Å². The molecule has 0 spiro atoms. The van der Waals surface area contributed by atoms with Crippen LogP contribution in [0.25, 0.3) is 0 Å². The Morgan fingerprint density at radius 3 is 2.59 bits per heavy atom. The first-order valence-corrected chi connectivity index (χ1v) is 6.84. The van der Waals surface area contributed by atoms with E-state index in [-0.39, 0.29) is 11.3 Å². The molecule has 1 aliphatic heterocycles. The second-order valence-electron chi connectivity index (χ2n) is 5.47. The number of ketones is 1. The number of fused-ring (bicyclic) bond motifs is 1. The molecule has 5 heteroatoms. The summed E-state index contributed by atoms with van der Waals surface area (Å²) >= 11 is 0. The lowest BCUT2D eigenvalue weighted by molar-refractivity contribution is -0.133. The predicted octanol–water partition coefficient (Wildman–Crippen LogP) is 2.55. The lowest BCUT2D eigenvalue weighted by Crippen LogP contribution is -2.36. The summed E-state index contributed by atoms with van der Waals surface area (Å²) in [5.74, 6) is -1.67. The average Bonchev–Trinajstić information content (AvgIpc) is 2.71. The van der Waals surface area contributed by atoms with Gasteiger partial charge in [-0.3, -0.25) is 9.59 Å².